The molecule has 8 heteroatoms. The molecule has 0 bridgehead atoms. The van der Waals surface area contributed by atoms with Gasteiger partial charge in [0.2, 0.25) is 5.91 Å². The van der Waals surface area contributed by atoms with Gasteiger partial charge in [0.15, 0.2) is 0 Å². The molecule has 0 spiro atoms. The summed E-state index contributed by atoms with van der Waals surface area (Å²) >= 11 is 10.3. The number of carbonyl (C=O) groups excluding carboxylic acids is 2. The van der Waals surface area contributed by atoms with Crippen LogP contribution in [0, 0.1) is 6.92 Å². The molecular formula is C16H16ClN3O3S. The summed E-state index contributed by atoms with van der Waals surface area (Å²) in [6.07, 6.45) is 0. The van der Waals surface area contributed by atoms with Crippen LogP contribution in [0.4, 0.5) is 16.2 Å². The average Bonchev–Trinajstić information content (AvgIpc) is 2.57. The van der Waals surface area contributed by atoms with E-state index in [0.29, 0.717) is 27.7 Å². The topological polar surface area (TPSA) is 84.7 Å². The van der Waals surface area contributed by atoms with Crippen molar-refractivity contribution >= 4 is 47.7 Å². The Morgan fingerprint density at radius 2 is 1.88 bits per heavy atom. The summed E-state index contributed by atoms with van der Waals surface area (Å²) in [5.74, 6) is -0.0631. The highest BCUT2D eigenvalue weighted by atomic mass is 35.5. The molecule has 0 unspecified atom stereocenters. The van der Waals surface area contributed by atoms with Crippen molar-refractivity contribution in [2.75, 3.05) is 16.7 Å². The normalized spacial score (nSPS) is 10.2. The summed E-state index contributed by atoms with van der Waals surface area (Å²) in [6.45, 7) is 1.83. The Bertz CT molecular complexity index is 781. The molecular weight excluding hydrogens is 350 g/mol. The van der Waals surface area contributed by atoms with Gasteiger partial charge in [-0.05, 0) is 48.9 Å². The minimum Gasteiger partial charge on any atom is -0.495 e. The lowest BCUT2D eigenvalue weighted by Gasteiger charge is -2.18. The maximum absolute atomic E-state index is 12.3. The second kappa shape index (κ2) is 7.46. The molecule has 0 atom stereocenters. The van der Waals surface area contributed by atoms with E-state index >= 15 is 0 Å². The zero-order valence-electron chi connectivity index (χ0n) is 13.0. The fraction of sp³-hybridized carbons (Fsp3) is 0.125. The van der Waals surface area contributed by atoms with Crippen LogP contribution >= 0.6 is 24.4 Å². The molecule has 126 valence electrons. The van der Waals surface area contributed by atoms with Crippen LogP contribution in [0.5, 0.6) is 5.75 Å². The van der Waals surface area contributed by atoms with E-state index in [9.17, 15) is 9.59 Å². The van der Waals surface area contributed by atoms with Crippen LogP contribution in [0.15, 0.2) is 36.4 Å². The zero-order chi connectivity index (χ0) is 17.9. The van der Waals surface area contributed by atoms with Crippen LogP contribution in [0.25, 0.3) is 0 Å². The molecule has 24 heavy (non-hydrogen) atoms. The van der Waals surface area contributed by atoms with E-state index in [2.05, 4.69) is 18.1 Å². The van der Waals surface area contributed by atoms with Crippen molar-refractivity contribution in [3.63, 3.8) is 0 Å². The van der Waals surface area contributed by atoms with Gasteiger partial charge < -0.3 is 15.8 Å². The van der Waals surface area contributed by atoms with E-state index < -0.39 is 11.9 Å². The summed E-state index contributed by atoms with van der Waals surface area (Å²) in [6, 6.07) is 8.96. The third kappa shape index (κ3) is 3.93. The summed E-state index contributed by atoms with van der Waals surface area (Å²) in [7, 11) is 1.50. The van der Waals surface area contributed by atoms with Gasteiger partial charge in [0.25, 0.3) is 0 Å². The number of amides is 3. The van der Waals surface area contributed by atoms with Crippen LogP contribution in [0.2, 0.25) is 5.02 Å². The van der Waals surface area contributed by atoms with E-state index in [1.54, 1.807) is 24.3 Å². The number of methoxy groups -OCH3 is 1. The molecule has 2 rings (SSSR count). The number of urea groups is 1. The molecule has 0 aliphatic heterocycles. The molecule has 0 saturated carbocycles. The Kier molecular flexibility index (Phi) is 5.58. The molecule has 0 fully saturated rings. The fourth-order valence-electron chi connectivity index (χ4n) is 1.97. The van der Waals surface area contributed by atoms with Crippen LogP contribution in [0.3, 0.4) is 0 Å². The van der Waals surface area contributed by atoms with Crippen molar-refractivity contribution in [2.45, 2.75) is 6.92 Å². The van der Waals surface area contributed by atoms with Crippen molar-refractivity contribution in [3.05, 3.63) is 52.5 Å². The first-order valence-electron chi connectivity index (χ1n) is 6.87. The number of nitrogens with two attached hydrogens (primary N) is 1. The van der Waals surface area contributed by atoms with Crippen molar-refractivity contribution in [1.82, 2.24) is 0 Å². The minimum absolute atomic E-state index is 0.341. The van der Waals surface area contributed by atoms with Gasteiger partial charge in [-0.3, -0.25) is 4.79 Å². The second-order valence-electron chi connectivity index (χ2n) is 4.95. The van der Waals surface area contributed by atoms with Gasteiger partial charge in [-0.25, -0.2) is 9.10 Å². The van der Waals surface area contributed by atoms with Gasteiger partial charge in [-0.1, -0.05) is 24.4 Å². The van der Waals surface area contributed by atoms with Crippen LogP contribution in [-0.4, -0.2) is 19.0 Å². The summed E-state index contributed by atoms with van der Waals surface area (Å²) < 4.78 is 6.34. The lowest BCUT2D eigenvalue weighted by molar-refractivity contribution is 0.100. The smallest absolute Gasteiger partial charge is 0.336 e. The standard InChI is InChI=1S/C16H16ClN3O3S/c1-9-7-14(23-2)13(8-12(9)17)19-16(22)20(24)11-5-3-10(4-6-11)15(18)21/h3-8,24H,1-2H3,(H2,18,21)(H,19,22). The monoisotopic (exact) mass is 365 g/mol. The molecule has 3 amide bonds. The van der Waals surface area contributed by atoms with Gasteiger partial charge in [0.05, 0.1) is 18.5 Å². The third-order valence-corrected chi connectivity index (χ3v) is 4.13. The number of primary amides is 1. The van der Waals surface area contributed by atoms with Crippen molar-refractivity contribution in [3.8, 4) is 5.75 Å². The quantitative estimate of drug-likeness (QED) is 0.723. The Balaban J connectivity index is 2.20. The number of nitrogens with zero attached hydrogens (tertiary/aromatic N) is 1. The number of halogens is 1. The molecule has 0 aliphatic rings. The van der Waals surface area contributed by atoms with Crippen LogP contribution < -0.4 is 20.1 Å². The number of nitrogens with one attached hydrogen (secondary N) is 1. The first-order chi connectivity index (χ1) is 11.3. The Morgan fingerprint density at radius 3 is 2.42 bits per heavy atom. The first kappa shape index (κ1) is 18.0. The number of thiol groups is 1. The average molecular weight is 366 g/mol. The highest BCUT2D eigenvalue weighted by Crippen LogP contribution is 2.31. The van der Waals surface area contributed by atoms with Gasteiger partial charge in [-0.15, -0.1) is 0 Å². The maximum atomic E-state index is 12.3. The second-order valence-corrected chi connectivity index (χ2v) is 5.76. The van der Waals surface area contributed by atoms with Crippen LogP contribution in [0.1, 0.15) is 15.9 Å². The van der Waals surface area contributed by atoms with E-state index in [4.69, 9.17) is 22.1 Å². The first-order valence-corrected chi connectivity index (χ1v) is 7.65. The molecule has 2 aromatic carbocycles. The summed E-state index contributed by atoms with van der Waals surface area (Å²) in [5, 5.41) is 3.18. The predicted octanol–water partition coefficient (Wildman–Crippen LogP) is 3.64. The number of aryl methyl sites for hydroxylation is 1. The molecule has 0 aliphatic carbocycles. The number of carbonyl (C=O) groups is 2. The number of ether oxygens (including phenoxy) is 1. The molecule has 0 heterocycles. The predicted molar refractivity (Wildman–Crippen MR) is 98.2 cm³/mol. The third-order valence-electron chi connectivity index (χ3n) is 3.31. The lowest BCUT2D eigenvalue weighted by Crippen LogP contribution is -2.27. The zero-order valence-corrected chi connectivity index (χ0v) is 14.7. The van der Waals surface area contributed by atoms with Gasteiger partial charge in [0, 0.05) is 10.6 Å². The van der Waals surface area contributed by atoms with Gasteiger partial charge >= 0.3 is 6.03 Å². The van der Waals surface area contributed by atoms with Crippen LogP contribution in [-0.2, 0) is 0 Å². The minimum atomic E-state index is -0.546. The van der Waals surface area contributed by atoms with E-state index in [-0.39, 0.29) is 0 Å². The molecule has 2 aromatic rings. The number of benzene rings is 2. The largest absolute Gasteiger partial charge is 0.495 e. The highest BCUT2D eigenvalue weighted by Gasteiger charge is 2.16. The SMILES string of the molecule is COc1cc(C)c(Cl)cc1NC(=O)N(S)c1ccc(C(N)=O)cc1. The number of hydrogen-bond donors (Lipinski definition) is 3. The fourth-order valence-corrected chi connectivity index (χ4v) is 2.32. The van der Waals surface area contributed by atoms with Gasteiger partial charge in [-0.2, -0.15) is 0 Å². The molecule has 0 saturated heterocycles. The maximum Gasteiger partial charge on any atom is 0.336 e. The number of hydrogen-bond acceptors (Lipinski definition) is 4. The van der Waals surface area contributed by atoms with Crippen molar-refractivity contribution in [1.29, 1.82) is 0 Å². The molecule has 0 radical (unpaired) electrons. The van der Waals surface area contributed by atoms with Gasteiger partial charge in [0.1, 0.15) is 5.75 Å². The Morgan fingerprint density at radius 1 is 1.25 bits per heavy atom. The molecule has 3 N–H and O–H groups in total. The van der Waals surface area contributed by atoms with Crippen molar-refractivity contribution in [2.24, 2.45) is 5.73 Å². The van der Waals surface area contributed by atoms with E-state index in [1.807, 2.05) is 6.92 Å². The van der Waals surface area contributed by atoms with E-state index in [1.165, 1.54) is 19.2 Å². The molecule has 0 aromatic heterocycles. The Labute approximate surface area is 150 Å². The highest BCUT2D eigenvalue weighted by molar-refractivity contribution is 7.82. The van der Waals surface area contributed by atoms with Crippen molar-refractivity contribution < 1.29 is 14.3 Å². The summed E-state index contributed by atoms with van der Waals surface area (Å²) in [4.78, 5) is 23.4. The number of rotatable bonds is 4. The summed E-state index contributed by atoms with van der Waals surface area (Å²) in [5.41, 5.74) is 7.25. The lowest BCUT2D eigenvalue weighted by atomic mass is 10.2. The Hall–Kier alpha value is -2.38. The number of anilines is 2. The van der Waals surface area contributed by atoms with E-state index in [0.717, 1.165) is 9.87 Å². The molecule has 6 nitrogen and oxygen atoms in total.